The van der Waals surface area contributed by atoms with Crippen LogP contribution in [0.5, 0.6) is 0 Å². The molecule has 2 rings (SSSR count). The first-order chi connectivity index (χ1) is 6.40. The Morgan fingerprint density at radius 3 is 3.31 bits per heavy atom. The molecule has 13 heavy (non-hydrogen) atoms. The van der Waals surface area contributed by atoms with E-state index >= 15 is 0 Å². The molecule has 1 aromatic carbocycles. The Labute approximate surface area is 75.7 Å². The summed E-state index contributed by atoms with van der Waals surface area (Å²) < 4.78 is 0. The van der Waals surface area contributed by atoms with E-state index < -0.39 is 0 Å². The summed E-state index contributed by atoms with van der Waals surface area (Å²) in [6.45, 7) is 0.734. The van der Waals surface area contributed by atoms with Crippen LogP contribution in [0.2, 0.25) is 0 Å². The SMILES string of the molecule is O=CNc1ccc2c(c1)NCC=N2. The maximum atomic E-state index is 10.2. The first kappa shape index (κ1) is 7.79. The summed E-state index contributed by atoms with van der Waals surface area (Å²) in [6.07, 6.45) is 2.48. The van der Waals surface area contributed by atoms with Crippen molar-refractivity contribution in [2.75, 3.05) is 17.2 Å². The quantitative estimate of drug-likeness (QED) is 0.667. The van der Waals surface area contributed by atoms with Crippen LogP contribution in [-0.2, 0) is 4.79 Å². The van der Waals surface area contributed by atoms with E-state index in [9.17, 15) is 4.79 Å². The Kier molecular flexibility index (Phi) is 1.96. The van der Waals surface area contributed by atoms with Gasteiger partial charge in [0.25, 0.3) is 0 Å². The lowest BCUT2D eigenvalue weighted by molar-refractivity contribution is -0.105. The third kappa shape index (κ3) is 1.51. The molecule has 2 N–H and O–H groups in total. The van der Waals surface area contributed by atoms with Crippen LogP contribution in [0.15, 0.2) is 23.2 Å². The molecule has 0 saturated carbocycles. The van der Waals surface area contributed by atoms with Crippen LogP contribution in [0.25, 0.3) is 0 Å². The number of carbonyl (C=O) groups is 1. The van der Waals surface area contributed by atoms with Gasteiger partial charge >= 0.3 is 0 Å². The second kappa shape index (κ2) is 3.26. The Morgan fingerprint density at radius 1 is 1.54 bits per heavy atom. The van der Waals surface area contributed by atoms with E-state index in [0.717, 1.165) is 23.6 Å². The van der Waals surface area contributed by atoms with Gasteiger partial charge in [-0.15, -0.1) is 0 Å². The number of hydrogen-bond donors (Lipinski definition) is 2. The number of rotatable bonds is 2. The van der Waals surface area contributed by atoms with Gasteiger partial charge in [0.2, 0.25) is 6.41 Å². The van der Waals surface area contributed by atoms with Crippen LogP contribution in [0, 0.1) is 0 Å². The van der Waals surface area contributed by atoms with Gasteiger partial charge in [0, 0.05) is 11.9 Å². The highest BCUT2D eigenvalue weighted by Crippen LogP contribution is 2.29. The van der Waals surface area contributed by atoms with Crippen molar-refractivity contribution in [2.45, 2.75) is 0 Å². The third-order valence-corrected chi connectivity index (χ3v) is 1.84. The van der Waals surface area contributed by atoms with Gasteiger partial charge in [0.15, 0.2) is 0 Å². The number of fused-ring (bicyclic) bond motifs is 1. The molecule has 4 nitrogen and oxygen atoms in total. The van der Waals surface area contributed by atoms with Gasteiger partial charge in [-0.3, -0.25) is 9.79 Å². The number of carbonyl (C=O) groups excluding carboxylic acids is 1. The zero-order valence-corrected chi connectivity index (χ0v) is 6.95. The van der Waals surface area contributed by atoms with E-state index in [1.807, 2.05) is 24.4 Å². The monoisotopic (exact) mass is 175 g/mol. The molecule has 0 radical (unpaired) electrons. The summed E-state index contributed by atoms with van der Waals surface area (Å²) in [4.78, 5) is 14.4. The molecule has 1 aromatic rings. The molecule has 0 unspecified atom stereocenters. The van der Waals surface area contributed by atoms with Crippen LogP contribution in [-0.4, -0.2) is 19.2 Å². The molecule has 0 aromatic heterocycles. The highest BCUT2D eigenvalue weighted by Gasteiger charge is 2.04. The topological polar surface area (TPSA) is 53.5 Å². The smallest absolute Gasteiger partial charge is 0.211 e. The van der Waals surface area contributed by atoms with E-state index in [1.54, 1.807) is 0 Å². The second-order valence-corrected chi connectivity index (χ2v) is 2.69. The minimum atomic E-state index is 0.661. The molecule has 0 aliphatic carbocycles. The highest BCUT2D eigenvalue weighted by molar-refractivity contribution is 5.84. The first-order valence-corrected chi connectivity index (χ1v) is 4.01. The fourth-order valence-electron chi connectivity index (χ4n) is 1.25. The Morgan fingerprint density at radius 2 is 2.46 bits per heavy atom. The van der Waals surface area contributed by atoms with Crippen LogP contribution >= 0.6 is 0 Å². The van der Waals surface area contributed by atoms with Crippen LogP contribution < -0.4 is 10.6 Å². The summed E-state index contributed by atoms with van der Waals surface area (Å²) in [6, 6.07) is 5.54. The first-order valence-electron chi connectivity index (χ1n) is 4.01. The van der Waals surface area contributed by atoms with Crippen molar-refractivity contribution in [1.29, 1.82) is 0 Å². The molecular weight excluding hydrogens is 166 g/mol. The maximum Gasteiger partial charge on any atom is 0.211 e. The molecule has 66 valence electrons. The summed E-state index contributed by atoms with van der Waals surface area (Å²) in [5, 5.41) is 5.74. The lowest BCUT2D eigenvalue weighted by atomic mass is 10.2. The predicted octanol–water partition coefficient (Wildman–Crippen LogP) is 1.38. The van der Waals surface area contributed by atoms with Crippen molar-refractivity contribution >= 4 is 29.7 Å². The number of amides is 1. The van der Waals surface area contributed by atoms with Crippen molar-refractivity contribution in [2.24, 2.45) is 4.99 Å². The van der Waals surface area contributed by atoms with Gasteiger partial charge in [-0.1, -0.05) is 0 Å². The molecular formula is C9H9N3O. The van der Waals surface area contributed by atoms with Crippen molar-refractivity contribution < 1.29 is 4.79 Å². The second-order valence-electron chi connectivity index (χ2n) is 2.69. The zero-order valence-electron chi connectivity index (χ0n) is 6.95. The number of nitrogens with one attached hydrogen (secondary N) is 2. The molecule has 4 heteroatoms. The molecule has 0 bridgehead atoms. The summed E-state index contributed by atoms with van der Waals surface area (Å²) in [5.41, 5.74) is 2.63. The summed E-state index contributed by atoms with van der Waals surface area (Å²) >= 11 is 0. The van der Waals surface area contributed by atoms with E-state index in [-0.39, 0.29) is 0 Å². The zero-order chi connectivity index (χ0) is 9.10. The van der Waals surface area contributed by atoms with Crippen molar-refractivity contribution in [1.82, 2.24) is 0 Å². The standard InChI is InChI=1S/C9H9N3O/c13-6-12-7-1-2-8-9(5-7)11-4-3-10-8/h1-3,5-6,11H,4H2,(H,12,13). The van der Waals surface area contributed by atoms with E-state index in [1.165, 1.54) is 0 Å². The molecule has 1 heterocycles. The molecule has 1 aliphatic heterocycles. The van der Waals surface area contributed by atoms with Gasteiger partial charge in [-0.2, -0.15) is 0 Å². The number of hydrogen-bond acceptors (Lipinski definition) is 3. The average Bonchev–Trinajstić information content (AvgIpc) is 2.18. The lowest BCUT2D eigenvalue weighted by Gasteiger charge is -2.12. The third-order valence-electron chi connectivity index (χ3n) is 1.84. The van der Waals surface area contributed by atoms with E-state index in [0.29, 0.717) is 6.41 Å². The van der Waals surface area contributed by atoms with Gasteiger partial charge in [-0.05, 0) is 18.2 Å². The fraction of sp³-hybridized carbons (Fsp3) is 0.111. The normalized spacial score (nSPS) is 12.9. The molecule has 0 spiro atoms. The van der Waals surface area contributed by atoms with Gasteiger partial charge in [-0.25, -0.2) is 0 Å². The number of nitrogens with zero attached hydrogens (tertiary/aromatic N) is 1. The Balaban J connectivity index is 2.36. The fourth-order valence-corrected chi connectivity index (χ4v) is 1.25. The predicted molar refractivity (Wildman–Crippen MR) is 52.8 cm³/mol. The summed E-state index contributed by atoms with van der Waals surface area (Å²) in [7, 11) is 0. The maximum absolute atomic E-state index is 10.2. The molecule has 0 fully saturated rings. The van der Waals surface area contributed by atoms with Crippen molar-refractivity contribution in [3.63, 3.8) is 0 Å². The molecule has 1 aliphatic rings. The Hall–Kier alpha value is -1.84. The minimum absolute atomic E-state index is 0.661. The highest BCUT2D eigenvalue weighted by atomic mass is 16.1. The molecule has 1 amide bonds. The van der Waals surface area contributed by atoms with Gasteiger partial charge in [0.05, 0.1) is 17.9 Å². The van der Waals surface area contributed by atoms with Crippen LogP contribution in [0.1, 0.15) is 0 Å². The van der Waals surface area contributed by atoms with E-state index in [4.69, 9.17) is 0 Å². The molecule has 0 atom stereocenters. The van der Waals surface area contributed by atoms with Crippen molar-refractivity contribution in [3.8, 4) is 0 Å². The van der Waals surface area contributed by atoms with E-state index in [2.05, 4.69) is 15.6 Å². The van der Waals surface area contributed by atoms with Crippen LogP contribution in [0.4, 0.5) is 17.1 Å². The van der Waals surface area contributed by atoms with Crippen LogP contribution in [0.3, 0.4) is 0 Å². The number of anilines is 2. The Bertz CT molecular complexity index is 360. The average molecular weight is 175 g/mol. The van der Waals surface area contributed by atoms with Crippen molar-refractivity contribution in [3.05, 3.63) is 18.2 Å². The minimum Gasteiger partial charge on any atom is -0.378 e. The number of benzene rings is 1. The lowest BCUT2D eigenvalue weighted by Crippen LogP contribution is -2.07. The van der Waals surface area contributed by atoms with Gasteiger partial charge < -0.3 is 10.6 Å². The summed E-state index contributed by atoms with van der Waals surface area (Å²) in [5.74, 6) is 0. The largest absolute Gasteiger partial charge is 0.378 e. The van der Waals surface area contributed by atoms with Gasteiger partial charge in [0.1, 0.15) is 0 Å². The number of aliphatic imine (C=N–C) groups is 1. The molecule has 0 saturated heterocycles.